The number of rotatable bonds is 2. The van der Waals surface area contributed by atoms with Crippen LogP contribution in [0.25, 0.3) is 0 Å². The summed E-state index contributed by atoms with van der Waals surface area (Å²) >= 11 is 3.42. The molecule has 0 spiro atoms. The van der Waals surface area contributed by atoms with E-state index < -0.39 is 0 Å². The first-order valence-corrected chi connectivity index (χ1v) is 11.0. The van der Waals surface area contributed by atoms with Gasteiger partial charge in [-0.25, -0.2) is 4.68 Å². The molecule has 0 aromatic carbocycles. The average molecular weight is 435 g/mol. The molecule has 1 aliphatic heterocycles. The minimum Gasteiger partial charge on any atom is -0.366 e. The fourth-order valence-electron chi connectivity index (χ4n) is 6.58. The van der Waals surface area contributed by atoms with Gasteiger partial charge in [-0.05, 0) is 72.2 Å². The molecule has 0 N–H and O–H groups in total. The Morgan fingerprint density at radius 2 is 1.63 bits per heavy atom. The number of hydrogen-bond acceptors (Lipinski definition) is 4. The minimum atomic E-state index is -0.125. The molecule has 4 aliphatic carbocycles. The topological polar surface area (TPSA) is 58.4 Å². The van der Waals surface area contributed by atoms with Crippen LogP contribution in [-0.2, 0) is 11.8 Å². The molecular formula is C20H27BrN4O2. The van der Waals surface area contributed by atoms with Gasteiger partial charge in [0, 0.05) is 33.2 Å². The maximum Gasteiger partial charge on any atom is 0.282 e. The largest absolute Gasteiger partial charge is 0.366 e. The van der Waals surface area contributed by atoms with Gasteiger partial charge in [0.15, 0.2) is 0 Å². The predicted molar refractivity (Wildman–Crippen MR) is 107 cm³/mol. The molecule has 27 heavy (non-hydrogen) atoms. The number of anilines is 1. The molecule has 1 amide bonds. The summed E-state index contributed by atoms with van der Waals surface area (Å²) in [6.07, 6.45) is 9.22. The molecule has 5 aliphatic rings. The Morgan fingerprint density at radius 3 is 2.19 bits per heavy atom. The Hall–Kier alpha value is -1.37. The molecule has 1 aromatic rings. The molecule has 146 valence electrons. The van der Waals surface area contributed by atoms with Gasteiger partial charge < -0.3 is 9.80 Å². The highest BCUT2D eigenvalue weighted by Crippen LogP contribution is 2.60. The second-order valence-corrected chi connectivity index (χ2v) is 10.0. The van der Waals surface area contributed by atoms with Crippen molar-refractivity contribution in [3.63, 3.8) is 0 Å². The van der Waals surface area contributed by atoms with Crippen LogP contribution in [0.1, 0.15) is 38.5 Å². The maximum absolute atomic E-state index is 13.5. The number of hydrogen-bond donors (Lipinski definition) is 0. The van der Waals surface area contributed by atoms with Gasteiger partial charge >= 0.3 is 0 Å². The van der Waals surface area contributed by atoms with Crippen molar-refractivity contribution in [2.24, 2.45) is 30.2 Å². The van der Waals surface area contributed by atoms with Crippen LogP contribution in [0.2, 0.25) is 0 Å². The van der Waals surface area contributed by atoms with Crippen molar-refractivity contribution in [3.05, 3.63) is 21.0 Å². The fraction of sp³-hybridized carbons (Fsp3) is 0.750. The lowest BCUT2D eigenvalue weighted by molar-refractivity contribution is -0.158. The van der Waals surface area contributed by atoms with Crippen LogP contribution in [0.4, 0.5) is 5.69 Å². The number of aromatic nitrogens is 2. The van der Waals surface area contributed by atoms with E-state index in [0.29, 0.717) is 10.4 Å². The highest BCUT2D eigenvalue weighted by molar-refractivity contribution is 9.10. The van der Waals surface area contributed by atoms with Gasteiger partial charge in [-0.3, -0.25) is 9.59 Å². The molecule has 6 nitrogen and oxygen atoms in total. The van der Waals surface area contributed by atoms with Gasteiger partial charge in [0.1, 0.15) is 4.47 Å². The maximum atomic E-state index is 13.5. The van der Waals surface area contributed by atoms with Crippen molar-refractivity contribution in [1.29, 1.82) is 0 Å². The molecule has 1 aromatic heterocycles. The third-order valence-electron chi connectivity index (χ3n) is 7.46. The molecule has 2 heterocycles. The molecule has 4 saturated carbocycles. The molecular weight excluding hydrogens is 408 g/mol. The summed E-state index contributed by atoms with van der Waals surface area (Å²) in [6, 6.07) is 0. The van der Waals surface area contributed by atoms with Crippen LogP contribution in [-0.4, -0.2) is 46.8 Å². The van der Waals surface area contributed by atoms with Crippen LogP contribution in [0.5, 0.6) is 0 Å². The summed E-state index contributed by atoms with van der Waals surface area (Å²) in [5, 5.41) is 4.15. The third kappa shape index (κ3) is 2.84. The molecule has 1 saturated heterocycles. The van der Waals surface area contributed by atoms with Gasteiger partial charge in [-0.2, -0.15) is 5.10 Å². The SMILES string of the molecule is Cn1ncc(N2CCN(C(=O)C34CC5CC(CC(C5)C3)C4)CC2)c(Br)c1=O. The van der Waals surface area contributed by atoms with Crippen LogP contribution < -0.4 is 10.5 Å². The number of nitrogens with zero attached hydrogens (tertiary/aromatic N) is 4. The first kappa shape index (κ1) is 17.7. The summed E-state index contributed by atoms with van der Waals surface area (Å²) in [5.41, 5.74) is 0.654. The van der Waals surface area contributed by atoms with Crippen LogP contribution in [0.3, 0.4) is 0 Å². The van der Waals surface area contributed by atoms with Gasteiger partial charge in [0.05, 0.1) is 17.3 Å². The Kier molecular flexibility index (Phi) is 4.15. The normalized spacial score (nSPS) is 35.0. The van der Waals surface area contributed by atoms with Gasteiger partial charge in [-0.1, -0.05) is 0 Å². The smallest absolute Gasteiger partial charge is 0.282 e. The highest BCUT2D eigenvalue weighted by atomic mass is 79.9. The average Bonchev–Trinajstić information content (AvgIpc) is 2.65. The van der Waals surface area contributed by atoms with Crippen molar-refractivity contribution in [2.75, 3.05) is 31.1 Å². The molecule has 7 heteroatoms. The van der Waals surface area contributed by atoms with E-state index in [9.17, 15) is 9.59 Å². The standard InChI is InChI=1S/C20H27BrN4O2/c1-23-18(26)17(21)16(12-22-23)24-2-4-25(5-3-24)19(27)20-9-13-6-14(10-20)8-15(7-13)11-20/h12-15H,2-11H2,1H3. The number of carbonyl (C=O) groups is 1. The molecule has 6 rings (SSSR count). The van der Waals surface area contributed by atoms with E-state index in [-0.39, 0.29) is 11.0 Å². The van der Waals surface area contributed by atoms with E-state index in [0.717, 1.165) is 68.9 Å². The lowest BCUT2D eigenvalue weighted by atomic mass is 9.49. The van der Waals surface area contributed by atoms with E-state index in [1.807, 2.05) is 0 Å². The summed E-state index contributed by atoms with van der Waals surface area (Å²) in [4.78, 5) is 29.9. The summed E-state index contributed by atoms with van der Waals surface area (Å²) < 4.78 is 1.89. The first-order valence-electron chi connectivity index (χ1n) is 10.2. The lowest BCUT2D eigenvalue weighted by Crippen LogP contribution is -2.58. The summed E-state index contributed by atoms with van der Waals surface area (Å²) in [6.45, 7) is 2.99. The Balaban J connectivity index is 1.29. The number of piperazine rings is 1. The van der Waals surface area contributed by atoms with Gasteiger partial charge in [0.25, 0.3) is 5.56 Å². The molecule has 0 unspecified atom stereocenters. The predicted octanol–water partition coefficient (Wildman–Crippen LogP) is 2.41. The number of aryl methyl sites for hydroxylation is 1. The van der Waals surface area contributed by atoms with Crippen molar-refractivity contribution in [2.45, 2.75) is 38.5 Å². The lowest BCUT2D eigenvalue weighted by Gasteiger charge is -2.57. The molecule has 0 radical (unpaired) electrons. The van der Waals surface area contributed by atoms with Crippen molar-refractivity contribution in [1.82, 2.24) is 14.7 Å². The number of carbonyl (C=O) groups excluding carboxylic acids is 1. The van der Waals surface area contributed by atoms with Gasteiger partial charge in [-0.15, -0.1) is 0 Å². The zero-order chi connectivity index (χ0) is 18.8. The minimum absolute atomic E-state index is 0.0538. The summed E-state index contributed by atoms with van der Waals surface area (Å²) in [5.74, 6) is 2.81. The van der Waals surface area contributed by atoms with E-state index in [4.69, 9.17) is 0 Å². The molecule has 4 bridgehead atoms. The second kappa shape index (κ2) is 6.33. The number of halogens is 1. The Morgan fingerprint density at radius 1 is 1.07 bits per heavy atom. The Labute approximate surface area is 168 Å². The van der Waals surface area contributed by atoms with Gasteiger partial charge in [0.2, 0.25) is 5.91 Å². The van der Waals surface area contributed by atoms with E-state index in [1.165, 1.54) is 23.9 Å². The second-order valence-electron chi connectivity index (χ2n) is 9.25. The highest BCUT2D eigenvalue weighted by Gasteiger charge is 2.55. The number of amides is 1. The van der Waals surface area contributed by atoms with E-state index >= 15 is 0 Å². The first-order chi connectivity index (χ1) is 12.9. The quantitative estimate of drug-likeness (QED) is 0.716. The summed E-state index contributed by atoms with van der Waals surface area (Å²) in [7, 11) is 1.65. The third-order valence-corrected chi connectivity index (χ3v) is 8.20. The molecule has 0 atom stereocenters. The fourth-order valence-corrected chi connectivity index (χ4v) is 7.19. The Bertz CT molecular complexity index is 792. The van der Waals surface area contributed by atoms with Crippen molar-refractivity contribution in [3.8, 4) is 0 Å². The van der Waals surface area contributed by atoms with Crippen molar-refractivity contribution >= 4 is 27.5 Å². The van der Waals surface area contributed by atoms with Crippen LogP contribution >= 0.6 is 15.9 Å². The van der Waals surface area contributed by atoms with Crippen LogP contribution in [0, 0.1) is 23.2 Å². The van der Waals surface area contributed by atoms with E-state index in [2.05, 4.69) is 30.8 Å². The molecule has 5 fully saturated rings. The van der Waals surface area contributed by atoms with E-state index in [1.54, 1.807) is 13.2 Å². The van der Waals surface area contributed by atoms with Crippen molar-refractivity contribution < 1.29 is 4.79 Å². The van der Waals surface area contributed by atoms with Crippen LogP contribution in [0.15, 0.2) is 15.5 Å². The zero-order valence-corrected chi connectivity index (χ0v) is 17.4. The monoisotopic (exact) mass is 434 g/mol. The zero-order valence-electron chi connectivity index (χ0n) is 15.9.